The maximum Gasteiger partial charge on any atom is 0.149 e. The Labute approximate surface area is 107 Å². The highest BCUT2D eigenvalue weighted by atomic mass is 19.1. The number of hydrogen-bond donors (Lipinski definition) is 1. The maximum atomic E-state index is 13.4. The Morgan fingerprint density at radius 1 is 1.11 bits per heavy atom. The van der Waals surface area contributed by atoms with Crippen molar-refractivity contribution < 1.29 is 8.78 Å². The van der Waals surface area contributed by atoms with Crippen LogP contribution >= 0.6 is 0 Å². The van der Waals surface area contributed by atoms with E-state index in [9.17, 15) is 8.78 Å². The summed E-state index contributed by atoms with van der Waals surface area (Å²) in [6, 6.07) is 2.81. The average molecular weight is 253 g/mol. The van der Waals surface area contributed by atoms with Crippen LogP contribution in [0, 0.1) is 17.6 Å². The fourth-order valence-electron chi connectivity index (χ4n) is 3.03. The van der Waals surface area contributed by atoms with E-state index in [1.54, 1.807) is 0 Å². The zero-order valence-corrected chi connectivity index (χ0v) is 10.9. The molecule has 0 saturated heterocycles. The first kappa shape index (κ1) is 13.3. The van der Waals surface area contributed by atoms with Crippen molar-refractivity contribution in [3.63, 3.8) is 0 Å². The van der Waals surface area contributed by atoms with Crippen LogP contribution in [0.3, 0.4) is 0 Å². The monoisotopic (exact) mass is 253 g/mol. The van der Waals surface area contributed by atoms with E-state index in [4.69, 9.17) is 5.73 Å². The molecule has 0 unspecified atom stereocenters. The summed E-state index contributed by atoms with van der Waals surface area (Å²) >= 11 is 0. The summed E-state index contributed by atoms with van der Waals surface area (Å²) in [5.74, 6) is -0.154. The SMILES string of the molecule is CCC[C@H]1CC[C@H](c2cc(F)c(N)c(F)c2)CC1. The van der Waals surface area contributed by atoms with Crippen LogP contribution in [0.5, 0.6) is 0 Å². The standard InChI is InChI=1S/C15H21F2N/c1-2-3-10-4-6-11(7-5-10)12-8-13(16)15(18)14(17)9-12/h8-11H,2-7,18H2,1H3/t10-,11-. The van der Waals surface area contributed by atoms with Gasteiger partial charge in [0, 0.05) is 0 Å². The minimum absolute atomic E-state index is 0.294. The van der Waals surface area contributed by atoms with Crippen LogP contribution in [0.4, 0.5) is 14.5 Å². The lowest BCUT2D eigenvalue weighted by molar-refractivity contribution is 0.307. The molecule has 1 aliphatic carbocycles. The Balaban J connectivity index is 2.05. The summed E-state index contributed by atoms with van der Waals surface area (Å²) in [5.41, 5.74) is 5.70. The number of anilines is 1. The topological polar surface area (TPSA) is 26.0 Å². The smallest absolute Gasteiger partial charge is 0.149 e. The first-order valence-electron chi connectivity index (χ1n) is 6.86. The number of nitrogens with two attached hydrogens (primary N) is 1. The molecule has 18 heavy (non-hydrogen) atoms. The van der Waals surface area contributed by atoms with E-state index in [1.807, 2.05) is 0 Å². The molecular weight excluding hydrogens is 232 g/mol. The molecule has 1 aromatic rings. The van der Waals surface area contributed by atoms with Crippen molar-refractivity contribution in [2.75, 3.05) is 5.73 Å². The van der Waals surface area contributed by atoms with E-state index in [-0.39, 0.29) is 5.69 Å². The van der Waals surface area contributed by atoms with Gasteiger partial charge in [-0.3, -0.25) is 0 Å². The summed E-state index contributed by atoms with van der Waals surface area (Å²) in [5, 5.41) is 0. The molecule has 0 radical (unpaired) electrons. The van der Waals surface area contributed by atoms with E-state index >= 15 is 0 Å². The zero-order valence-electron chi connectivity index (χ0n) is 10.9. The van der Waals surface area contributed by atoms with Crippen molar-refractivity contribution >= 4 is 5.69 Å². The van der Waals surface area contributed by atoms with Crippen molar-refractivity contribution in [2.24, 2.45) is 5.92 Å². The minimum Gasteiger partial charge on any atom is -0.394 e. The molecule has 1 aromatic carbocycles. The number of halogens is 2. The maximum absolute atomic E-state index is 13.4. The average Bonchev–Trinajstić information content (AvgIpc) is 2.37. The van der Waals surface area contributed by atoms with Crippen molar-refractivity contribution in [3.8, 4) is 0 Å². The van der Waals surface area contributed by atoms with Gasteiger partial charge in [-0.25, -0.2) is 8.78 Å². The lowest BCUT2D eigenvalue weighted by atomic mass is 9.77. The van der Waals surface area contributed by atoms with Gasteiger partial charge in [-0.2, -0.15) is 0 Å². The van der Waals surface area contributed by atoms with Gasteiger partial charge < -0.3 is 5.73 Å². The highest BCUT2D eigenvalue weighted by Gasteiger charge is 2.23. The van der Waals surface area contributed by atoms with Gasteiger partial charge in [0.15, 0.2) is 0 Å². The van der Waals surface area contributed by atoms with Crippen LogP contribution in [-0.2, 0) is 0 Å². The molecule has 2 rings (SSSR count). The second kappa shape index (κ2) is 5.68. The third kappa shape index (κ3) is 2.82. The molecule has 0 spiro atoms. The van der Waals surface area contributed by atoms with Gasteiger partial charge in [-0.15, -0.1) is 0 Å². The van der Waals surface area contributed by atoms with E-state index < -0.39 is 11.6 Å². The van der Waals surface area contributed by atoms with Gasteiger partial charge >= 0.3 is 0 Å². The largest absolute Gasteiger partial charge is 0.394 e. The van der Waals surface area contributed by atoms with E-state index in [1.165, 1.54) is 37.8 Å². The molecule has 0 heterocycles. The molecule has 1 aliphatic rings. The number of hydrogen-bond acceptors (Lipinski definition) is 1. The van der Waals surface area contributed by atoms with Crippen LogP contribution in [0.1, 0.15) is 56.9 Å². The summed E-state index contributed by atoms with van der Waals surface area (Å²) < 4.78 is 26.9. The first-order valence-corrected chi connectivity index (χ1v) is 6.86. The molecular formula is C15H21F2N. The third-order valence-electron chi connectivity index (χ3n) is 4.12. The molecule has 0 aliphatic heterocycles. The van der Waals surface area contributed by atoms with Crippen molar-refractivity contribution in [1.82, 2.24) is 0 Å². The molecule has 1 saturated carbocycles. The summed E-state index contributed by atoms with van der Waals surface area (Å²) in [6.45, 7) is 2.21. The van der Waals surface area contributed by atoms with Gasteiger partial charge in [0.25, 0.3) is 0 Å². The third-order valence-corrected chi connectivity index (χ3v) is 4.12. The van der Waals surface area contributed by atoms with Gasteiger partial charge in [0.05, 0.1) is 0 Å². The minimum atomic E-state index is -0.624. The highest BCUT2D eigenvalue weighted by molar-refractivity contribution is 5.44. The lowest BCUT2D eigenvalue weighted by Crippen LogP contribution is -2.14. The van der Waals surface area contributed by atoms with E-state index in [2.05, 4.69) is 6.92 Å². The lowest BCUT2D eigenvalue weighted by Gasteiger charge is -2.28. The number of benzene rings is 1. The highest BCUT2D eigenvalue weighted by Crippen LogP contribution is 2.38. The molecule has 0 atom stereocenters. The fraction of sp³-hybridized carbons (Fsp3) is 0.600. The molecule has 3 heteroatoms. The quantitative estimate of drug-likeness (QED) is 0.781. The normalized spacial score (nSPS) is 24.2. The molecule has 2 N–H and O–H groups in total. The van der Waals surface area contributed by atoms with E-state index in [0.29, 0.717) is 5.92 Å². The molecule has 0 aromatic heterocycles. The molecule has 1 fully saturated rings. The van der Waals surface area contributed by atoms with Crippen LogP contribution < -0.4 is 5.73 Å². The van der Waals surface area contributed by atoms with Crippen molar-refractivity contribution in [1.29, 1.82) is 0 Å². The van der Waals surface area contributed by atoms with Crippen molar-refractivity contribution in [3.05, 3.63) is 29.3 Å². The predicted molar refractivity (Wildman–Crippen MR) is 70.4 cm³/mol. The second-order valence-electron chi connectivity index (χ2n) is 5.40. The molecule has 100 valence electrons. The Hall–Kier alpha value is -1.12. The van der Waals surface area contributed by atoms with Gasteiger partial charge in [-0.1, -0.05) is 19.8 Å². The van der Waals surface area contributed by atoms with Gasteiger partial charge in [-0.05, 0) is 55.2 Å². The number of rotatable bonds is 3. The van der Waals surface area contributed by atoms with Crippen LogP contribution in [0.2, 0.25) is 0 Å². The summed E-state index contributed by atoms with van der Waals surface area (Å²) in [7, 11) is 0. The Bertz CT molecular complexity index is 386. The second-order valence-corrected chi connectivity index (χ2v) is 5.40. The zero-order chi connectivity index (χ0) is 13.1. The van der Waals surface area contributed by atoms with Crippen LogP contribution in [-0.4, -0.2) is 0 Å². The van der Waals surface area contributed by atoms with Gasteiger partial charge in [0.2, 0.25) is 0 Å². The summed E-state index contributed by atoms with van der Waals surface area (Å²) in [6.07, 6.45) is 6.91. The number of nitrogen functional groups attached to an aromatic ring is 1. The first-order chi connectivity index (χ1) is 8.61. The van der Waals surface area contributed by atoms with Crippen LogP contribution in [0.25, 0.3) is 0 Å². The Morgan fingerprint density at radius 3 is 2.17 bits per heavy atom. The Kier molecular flexibility index (Phi) is 4.20. The molecule has 0 bridgehead atoms. The predicted octanol–water partition coefficient (Wildman–Crippen LogP) is 4.62. The molecule has 0 amide bonds. The molecule has 1 nitrogen and oxygen atoms in total. The van der Waals surface area contributed by atoms with Crippen LogP contribution in [0.15, 0.2) is 12.1 Å². The Morgan fingerprint density at radius 2 is 1.67 bits per heavy atom. The summed E-state index contributed by atoms with van der Waals surface area (Å²) in [4.78, 5) is 0. The van der Waals surface area contributed by atoms with E-state index in [0.717, 1.165) is 24.3 Å². The fourth-order valence-corrected chi connectivity index (χ4v) is 3.03. The van der Waals surface area contributed by atoms with Crippen molar-refractivity contribution in [2.45, 2.75) is 51.4 Å². The van der Waals surface area contributed by atoms with Gasteiger partial charge in [0.1, 0.15) is 17.3 Å².